The Balaban J connectivity index is 1.25. The van der Waals surface area contributed by atoms with Crippen molar-refractivity contribution in [3.63, 3.8) is 0 Å². The Morgan fingerprint density at radius 1 is 1.03 bits per heavy atom. The SMILES string of the molecule is O=C1Cc2c(ncnc2N2CCC(c3nc(-c4ccc(F)c(C(F)(F)F)c4)cn3CCN3CCCC3)CC2)N1. The summed E-state index contributed by atoms with van der Waals surface area (Å²) >= 11 is 0. The van der Waals surface area contributed by atoms with Crippen LogP contribution in [0.4, 0.5) is 29.2 Å². The van der Waals surface area contributed by atoms with Crippen LogP contribution >= 0.6 is 0 Å². The molecule has 2 aromatic heterocycles. The molecule has 0 radical (unpaired) electrons. The molecule has 2 saturated heterocycles. The third-order valence-corrected chi connectivity index (χ3v) is 7.91. The van der Waals surface area contributed by atoms with E-state index < -0.39 is 17.6 Å². The molecule has 3 aliphatic rings. The van der Waals surface area contributed by atoms with Gasteiger partial charge in [0.25, 0.3) is 0 Å². The number of hydrogen-bond acceptors (Lipinski definition) is 6. The molecule has 0 bridgehead atoms. The van der Waals surface area contributed by atoms with Crippen molar-refractivity contribution in [2.75, 3.05) is 42.9 Å². The topological polar surface area (TPSA) is 79.2 Å². The predicted molar refractivity (Wildman–Crippen MR) is 137 cm³/mol. The highest BCUT2D eigenvalue weighted by molar-refractivity contribution is 5.99. The second-order valence-electron chi connectivity index (χ2n) is 10.4. The van der Waals surface area contributed by atoms with Gasteiger partial charge in [-0.1, -0.05) is 0 Å². The Bertz CT molecular complexity index is 1370. The fourth-order valence-electron chi connectivity index (χ4n) is 5.86. The van der Waals surface area contributed by atoms with E-state index in [1.807, 2.05) is 0 Å². The van der Waals surface area contributed by atoms with E-state index in [4.69, 9.17) is 4.98 Å². The average Bonchev–Trinajstić information content (AvgIpc) is 3.66. The number of rotatable bonds is 6. The molecule has 8 nitrogen and oxygen atoms in total. The summed E-state index contributed by atoms with van der Waals surface area (Å²) in [7, 11) is 0. The summed E-state index contributed by atoms with van der Waals surface area (Å²) in [6, 6.07) is 3.06. The molecular formula is C27H29F4N7O. The van der Waals surface area contributed by atoms with Gasteiger partial charge in [-0.15, -0.1) is 0 Å². The van der Waals surface area contributed by atoms with E-state index in [9.17, 15) is 22.4 Å². The summed E-state index contributed by atoms with van der Waals surface area (Å²) in [5.41, 5.74) is 0.188. The van der Waals surface area contributed by atoms with Crippen molar-refractivity contribution in [3.05, 3.63) is 53.5 Å². The number of fused-ring (bicyclic) bond motifs is 1. The van der Waals surface area contributed by atoms with Crippen LogP contribution in [-0.4, -0.2) is 63.0 Å². The number of alkyl halides is 3. The summed E-state index contributed by atoms with van der Waals surface area (Å²) in [6.07, 6.45) is 2.63. The number of hydrogen-bond donors (Lipinski definition) is 1. The van der Waals surface area contributed by atoms with Gasteiger partial charge >= 0.3 is 6.18 Å². The average molecular weight is 544 g/mol. The number of likely N-dealkylation sites (tertiary alicyclic amines) is 1. The van der Waals surface area contributed by atoms with Crippen LogP contribution < -0.4 is 10.2 Å². The summed E-state index contributed by atoms with van der Waals surface area (Å²) in [5.74, 6) is 0.883. The number of carbonyl (C=O) groups is 1. The maximum Gasteiger partial charge on any atom is 0.419 e. The molecule has 0 spiro atoms. The van der Waals surface area contributed by atoms with Gasteiger partial charge in [0.05, 0.1) is 17.7 Å². The Morgan fingerprint density at radius 3 is 2.54 bits per heavy atom. The fourth-order valence-corrected chi connectivity index (χ4v) is 5.86. The third kappa shape index (κ3) is 5.21. The molecule has 1 amide bonds. The highest BCUT2D eigenvalue weighted by Gasteiger charge is 2.35. The molecule has 0 saturated carbocycles. The van der Waals surface area contributed by atoms with Crippen LogP contribution in [0.2, 0.25) is 0 Å². The first-order valence-electron chi connectivity index (χ1n) is 13.3. The van der Waals surface area contributed by atoms with Gasteiger partial charge in [0, 0.05) is 49.4 Å². The lowest BCUT2D eigenvalue weighted by Crippen LogP contribution is -2.35. The van der Waals surface area contributed by atoms with Gasteiger partial charge < -0.3 is 19.7 Å². The smallest absolute Gasteiger partial charge is 0.356 e. The number of halogens is 4. The second kappa shape index (κ2) is 10.2. The number of benzene rings is 1. The normalized spacial score (nSPS) is 18.6. The number of piperidine rings is 1. The van der Waals surface area contributed by atoms with Crippen molar-refractivity contribution in [3.8, 4) is 11.3 Å². The zero-order valence-corrected chi connectivity index (χ0v) is 21.3. The minimum absolute atomic E-state index is 0.0938. The maximum atomic E-state index is 13.9. The summed E-state index contributed by atoms with van der Waals surface area (Å²) in [6.45, 7) is 5.01. The molecule has 0 aliphatic carbocycles. The van der Waals surface area contributed by atoms with Gasteiger partial charge in [0.1, 0.15) is 29.6 Å². The lowest BCUT2D eigenvalue weighted by Gasteiger charge is -2.33. The molecule has 6 rings (SSSR count). The Kier molecular flexibility index (Phi) is 6.74. The fraction of sp³-hybridized carbons (Fsp3) is 0.481. The Morgan fingerprint density at radius 2 is 1.79 bits per heavy atom. The van der Waals surface area contributed by atoms with E-state index in [0.29, 0.717) is 31.1 Å². The minimum atomic E-state index is -4.78. The number of nitrogens with one attached hydrogen (secondary N) is 1. The van der Waals surface area contributed by atoms with Crippen LogP contribution in [0.25, 0.3) is 11.3 Å². The van der Waals surface area contributed by atoms with Crippen molar-refractivity contribution >= 4 is 17.5 Å². The zero-order chi connectivity index (χ0) is 27.1. The summed E-state index contributed by atoms with van der Waals surface area (Å²) in [5, 5.41) is 2.76. The van der Waals surface area contributed by atoms with E-state index in [0.717, 1.165) is 61.8 Å². The van der Waals surface area contributed by atoms with Crippen LogP contribution in [0.5, 0.6) is 0 Å². The number of imidazole rings is 1. The van der Waals surface area contributed by atoms with Crippen LogP contribution in [0.3, 0.4) is 0 Å². The Labute approximate surface area is 223 Å². The third-order valence-electron chi connectivity index (χ3n) is 7.91. The monoisotopic (exact) mass is 543 g/mol. The highest BCUT2D eigenvalue weighted by Crippen LogP contribution is 2.37. The Hall–Kier alpha value is -3.54. The quantitative estimate of drug-likeness (QED) is 0.463. The van der Waals surface area contributed by atoms with Crippen molar-refractivity contribution < 1.29 is 22.4 Å². The van der Waals surface area contributed by atoms with Crippen molar-refractivity contribution in [1.29, 1.82) is 0 Å². The molecule has 0 unspecified atom stereocenters. The molecule has 12 heteroatoms. The zero-order valence-electron chi connectivity index (χ0n) is 21.3. The molecule has 39 heavy (non-hydrogen) atoms. The van der Waals surface area contributed by atoms with E-state index in [-0.39, 0.29) is 23.8 Å². The van der Waals surface area contributed by atoms with Crippen molar-refractivity contribution in [2.45, 2.75) is 50.7 Å². The number of anilines is 2. The lowest BCUT2D eigenvalue weighted by molar-refractivity contribution is -0.140. The number of amides is 1. The van der Waals surface area contributed by atoms with Gasteiger partial charge in [0.15, 0.2) is 0 Å². The van der Waals surface area contributed by atoms with E-state index in [2.05, 4.69) is 29.7 Å². The molecule has 2 fully saturated rings. The van der Waals surface area contributed by atoms with E-state index >= 15 is 0 Å². The van der Waals surface area contributed by atoms with E-state index in [1.165, 1.54) is 25.2 Å². The van der Waals surface area contributed by atoms with Crippen molar-refractivity contribution in [2.24, 2.45) is 0 Å². The number of nitrogens with zero attached hydrogens (tertiary/aromatic N) is 6. The first-order chi connectivity index (χ1) is 18.8. The van der Waals surface area contributed by atoms with Crippen LogP contribution in [-0.2, 0) is 23.9 Å². The van der Waals surface area contributed by atoms with Gasteiger partial charge in [-0.3, -0.25) is 4.79 Å². The van der Waals surface area contributed by atoms with Gasteiger partial charge in [-0.25, -0.2) is 19.3 Å². The summed E-state index contributed by atoms with van der Waals surface area (Å²) in [4.78, 5) is 29.9. The highest BCUT2D eigenvalue weighted by atomic mass is 19.4. The minimum Gasteiger partial charge on any atom is -0.356 e. The molecule has 1 aromatic carbocycles. The van der Waals surface area contributed by atoms with Crippen LogP contribution in [0, 0.1) is 5.82 Å². The molecule has 3 aliphatic heterocycles. The predicted octanol–water partition coefficient (Wildman–Crippen LogP) is 4.47. The second-order valence-corrected chi connectivity index (χ2v) is 10.4. The molecule has 1 N–H and O–H groups in total. The van der Waals surface area contributed by atoms with Crippen molar-refractivity contribution in [1.82, 2.24) is 24.4 Å². The molecule has 3 aromatic rings. The molecule has 0 atom stereocenters. The number of carbonyl (C=O) groups excluding carboxylic acids is 1. The first-order valence-corrected chi connectivity index (χ1v) is 13.3. The lowest BCUT2D eigenvalue weighted by atomic mass is 9.95. The van der Waals surface area contributed by atoms with Gasteiger partial charge in [-0.2, -0.15) is 13.2 Å². The number of aromatic nitrogens is 4. The largest absolute Gasteiger partial charge is 0.419 e. The maximum absolute atomic E-state index is 13.9. The standard InChI is InChI=1S/C27H29F4N7O/c28-21-4-3-18(13-20(21)27(29,30)31)22-15-38(12-11-36-7-1-2-8-36)25(34-22)17-5-9-37(10-6-17)26-19-14-23(39)35-24(19)32-16-33-26/h3-4,13,15-17H,1-2,5-12,14H2,(H,32,33,35,39). The molecular weight excluding hydrogens is 514 g/mol. The first kappa shape index (κ1) is 25.7. The molecule has 5 heterocycles. The van der Waals surface area contributed by atoms with E-state index in [1.54, 1.807) is 6.20 Å². The molecule has 206 valence electrons. The van der Waals surface area contributed by atoms with Gasteiger partial charge in [0.2, 0.25) is 5.91 Å². The van der Waals surface area contributed by atoms with Gasteiger partial charge in [-0.05, 0) is 57.0 Å². The van der Waals surface area contributed by atoms with Crippen LogP contribution in [0.1, 0.15) is 48.6 Å². The summed E-state index contributed by atoms with van der Waals surface area (Å²) < 4.78 is 56.2. The van der Waals surface area contributed by atoms with Crippen LogP contribution in [0.15, 0.2) is 30.7 Å².